The van der Waals surface area contributed by atoms with Crippen molar-refractivity contribution in [1.82, 2.24) is 25.3 Å². The molecule has 7 nitrogen and oxygen atoms in total. The molecule has 1 aromatic rings. The largest absolute Gasteiger partial charge is 0.301 e. The highest BCUT2D eigenvalue weighted by Crippen LogP contribution is 2.10. The van der Waals surface area contributed by atoms with E-state index in [1.165, 1.54) is 32.1 Å². The van der Waals surface area contributed by atoms with Crippen molar-refractivity contribution in [3.05, 3.63) is 11.9 Å². The third-order valence-electron chi connectivity index (χ3n) is 3.50. The van der Waals surface area contributed by atoms with Crippen LogP contribution in [0.5, 0.6) is 0 Å². The molecule has 19 heavy (non-hydrogen) atoms. The van der Waals surface area contributed by atoms with Crippen molar-refractivity contribution in [3.63, 3.8) is 0 Å². The van der Waals surface area contributed by atoms with E-state index >= 15 is 0 Å². The van der Waals surface area contributed by atoms with E-state index in [0.29, 0.717) is 0 Å². The number of likely N-dealkylation sites (tertiary alicyclic amines) is 1. The number of rotatable bonds is 4. The average Bonchev–Trinajstić information content (AvgIpc) is 2.85. The number of carbonyl (C=O) groups excluding carboxylic acids is 1. The normalized spacial score (nSPS) is 17.7. The van der Waals surface area contributed by atoms with Crippen LogP contribution in [0.1, 0.15) is 42.6 Å². The highest BCUT2D eigenvalue weighted by atomic mass is 16.2. The summed E-state index contributed by atoms with van der Waals surface area (Å²) in [6.07, 6.45) is 8.22. The van der Waals surface area contributed by atoms with Crippen LogP contribution in [0.15, 0.2) is 6.20 Å². The Hall–Kier alpha value is -1.47. The lowest BCUT2D eigenvalue weighted by Crippen LogP contribution is -2.31. The predicted molar refractivity (Wildman–Crippen MR) is 71.2 cm³/mol. The maximum atomic E-state index is 11.3. The highest BCUT2D eigenvalue weighted by molar-refractivity contribution is 5.91. The molecule has 7 heteroatoms. The Labute approximate surface area is 113 Å². The minimum Gasteiger partial charge on any atom is -0.301 e. The number of nitrogen functional groups attached to an aromatic ring is 1. The van der Waals surface area contributed by atoms with Crippen molar-refractivity contribution in [2.75, 3.05) is 19.6 Å². The minimum absolute atomic E-state index is 0.259. The summed E-state index contributed by atoms with van der Waals surface area (Å²) in [4.78, 5) is 13.7. The molecule has 0 unspecified atom stereocenters. The lowest BCUT2D eigenvalue weighted by atomic mass is 10.1. The van der Waals surface area contributed by atoms with Crippen LogP contribution in [-0.4, -0.2) is 45.4 Å². The van der Waals surface area contributed by atoms with Gasteiger partial charge in [0.15, 0.2) is 5.69 Å². The van der Waals surface area contributed by atoms with Gasteiger partial charge in [0.1, 0.15) is 0 Å². The Morgan fingerprint density at radius 2 is 1.89 bits per heavy atom. The number of hydrogen-bond donors (Lipinski definition) is 2. The number of hydrogen-bond acceptors (Lipinski definition) is 5. The quantitative estimate of drug-likeness (QED) is 0.460. The van der Waals surface area contributed by atoms with E-state index in [9.17, 15) is 4.79 Å². The molecule has 0 bridgehead atoms. The van der Waals surface area contributed by atoms with Gasteiger partial charge in [0.25, 0.3) is 5.91 Å². The van der Waals surface area contributed by atoms with Gasteiger partial charge in [0, 0.05) is 6.54 Å². The first-order valence-corrected chi connectivity index (χ1v) is 6.93. The number of aromatic nitrogens is 3. The number of hydrazine groups is 1. The van der Waals surface area contributed by atoms with E-state index in [1.54, 1.807) is 10.9 Å². The molecule has 0 atom stereocenters. The zero-order valence-corrected chi connectivity index (χ0v) is 11.2. The molecule has 2 rings (SSSR count). The number of amides is 1. The van der Waals surface area contributed by atoms with Crippen LogP contribution in [0.2, 0.25) is 0 Å². The lowest BCUT2D eigenvalue weighted by Gasteiger charge is -2.24. The zero-order valence-electron chi connectivity index (χ0n) is 11.2. The van der Waals surface area contributed by atoms with Crippen LogP contribution in [0.25, 0.3) is 0 Å². The number of nitrogens with zero attached hydrogens (tertiary/aromatic N) is 4. The van der Waals surface area contributed by atoms with Gasteiger partial charge in [-0.3, -0.25) is 14.9 Å². The van der Waals surface area contributed by atoms with Gasteiger partial charge >= 0.3 is 0 Å². The standard InChI is InChI=1S/C12H22N6O/c13-14-12(19)11-10-18(16-15-11)9-8-17-6-4-2-1-3-5-7-17/h10H,1-9,13H2,(H,14,19). The summed E-state index contributed by atoms with van der Waals surface area (Å²) in [5, 5.41) is 7.72. The minimum atomic E-state index is -0.405. The third kappa shape index (κ3) is 4.29. The molecule has 0 aromatic carbocycles. The molecule has 0 radical (unpaired) electrons. The smallest absolute Gasteiger partial charge is 0.287 e. The number of nitrogens with one attached hydrogen (secondary N) is 1. The number of carbonyl (C=O) groups is 1. The Morgan fingerprint density at radius 1 is 1.21 bits per heavy atom. The Morgan fingerprint density at radius 3 is 2.58 bits per heavy atom. The fraction of sp³-hybridized carbons (Fsp3) is 0.750. The van der Waals surface area contributed by atoms with Crippen LogP contribution >= 0.6 is 0 Å². The first-order chi connectivity index (χ1) is 9.29. The molecule has 2 heterocycles. The molecular formula is C12H22N6O. The molecule has 1 saturated heterocycles. The van der Waals surface area contributed by atoms with E-state index in [0.717, 1.165) is 26.2 Å². The van der Waals surface area contributed by atoms with Gasteiger partial charge in [0.05, 0.1) is 12.7 Å². The van der Waals surface area contributed by atoms with E-state index in [2.05, 4.69) is 20.6 Å². The van der Waals surface area contributed by atoms with Gasteiger partial charge in [-0.05, 0) is 25.9 Å². The molecule has 1 aliphatic heterocycles. The van der Waals surface area contributed by atoms with Crippen LogP contribution in [0, 0.1) is 0 Å². The highest BCUT2D eigenvalue weighted by Gasteiger charge is 2.11. The fourth-order valence-electron chi connectivity index (χ4n) is 2.37. The fourth-order valence-corrected chi connectivity index (χ4v) is 2.37. The molecule has 0 spiro atoms. The molecule has 1 fully saturated rings. The van der Waals surface area contributed by atoms with Crippen molar-refractivity contribution in [3.8, 4) is 0 Å². The van der Waals surface area contributed by atoms with Gasteiger partial charge in [0.2, 0.25) is 0 Å². The third-order valence-corrected chi connectivity index (χ3v) is 3.50. The summed E-state index contributed by atoms with van der Waals surface area (Å²) in [5.74, 6) is 4.65. The predicted octanol–water partition coefficient (Wildman–Crippen LogP) is 0.148. The van der Waals surface area contributed by atoms with E-state index in [-0.39, 0.29) is 5.69 Å². The molecule has 1 aliphatic rings. The van der Waals surface area contributed by atoms with Crippen molar-refractivity contribution < 1.29 is 4.79 Å². The summed E-state index contributed by atoms with van der Waals surface area (Å²) in [5.41, 5.74) is 2.31. The maximum absolute atomic E-state index is 11.3. The van der Waals surface area contributed by atoms with Gasteiger partial charge in [-0.15, -0.1) is 5.10 Å². The van der Waals surface area contributed by atoms with Crippen LogP contribution in [-0.2, 0) is 6.54 Å². The molecule has 3 N–H and O–H groups in total. The lowest BCUT2D eigenvalue weighted by molar-refractivity contribution is 0.0948. The van der Waals surface area contributed by atoms with Crippen molar-refractivity contribution in [2.45, 2.75) is 38.6 Å². The van der Waals surface area contributed by atoms with Crippen LogP contribution in [0.3, 0.4) is 0 Å². The zero-order chi connectivity index (χ0) is 13.5. The average molecular weight is 266 g/mol. The monoisotopic (exact) mass is 266 g/mol. The number of nitrogens with two attached hydrogens (primary N) is 1. The molecule has 1 amide bonds. The van der Waals surface area contributed by atoms with E-state index in [4.69, 9.17) is 5.84 Å². The van der Waals surface area contributed by atoms with Crippen molar-refractivity contribution >= 4 is 5.91 Å². The Bertz CT molecular complexity index is 397. The Kier molecular flexibility index (Phi) is 5.29. The molecule has 0 aliphatic carbocycles. The summed E-state index contributed by atoms with van der Waals surface area (Å²) in [6, 6.07) is 0. The second-order valence-electron chi connectivity index (χ2n) is 4.95. The first kappa shape index (κ1) is 14.0. The molecule has 106 valence electrons. The SMILES string of the molecule is NNC(=O)c1cn(CCN2CCCCCCC2)nn1. The first-order valence-electron chi connectivity index (χ1n) is 6.93. The van der Waals surface area contributed by atoms with Crippen LogP contribution < -0.4 is 11.3 Å². The van der Waals surface area contributed by atoms with Gasteiger partial charge < -0.3 is 4.90 Å². The summed E-state index contributed by atoms with van der Waals surface area (Å²) >= 11 is 0. The Balaban J connectivity index is 1.80. The van der Waals surface area contributed by atoms with Crippen LogP contribution in [0.4, 0.5) is 0 Å². The summed E-state index contributed by atoms with van der Waals surface area (Å²) in [6.45, 7) is 4.02. The van der Waals surface area contributed by atoms with Gasteiger partial charge in [-0.25, -0.2) is 5.84 Å². The van der Waals surface area contributed by atoms with Gasteiger partial charge in [-0.2, -0.15) is 0 Å². The van der Waals surface area contributed by atoms with E-state index in [1.807, 2.05) is 0 Å². The molecular weight excluding hydrogens is 244 g/mol. The van der Waals surface area contributed by atoms with Crippen molar-refractivity contribution in [2.24, 2.45) is 5.84 Å². The summed E-state index contributed by atoms with van der Waals surface area (Å²) < 4.78 is 1.70. The second kappa shape index (κ2) is 7.20. The molecule has 1 aromatic heterocycles. The second-order valence-corrected chi connectivity index (χ2v) is 4.95. The van der Waals surface area contributed by atoms with Gasteiger partial charge in [-0.1, -0.05) is 24.5 Å². The maximum Gasteiger partial charge on any atom is 0.287 e. The van der Waals surface area contributed by atoms with Crippen molar-refractivity contribution in [1.29, 1.82) is 0 Å². The summed E-state index contributed by atoms with van der Waals surface area (Å²) in [7, 11) is 0. The topological polar surface area (TPSA) is 89.1 Å². The molecule has 0 saturated carbocycles. The van der Waals surface area contributed by atoms with E-state index < -0.39 is 5.91 Å².